The minimum absolute atomic E-state index is 0.370. The van der Waals surface area contributed by atoms with Gasteiger partial charge < -0.3 is 4.74 Å². The molecule has 1 radical (unpaired) electrons. The molecule has 0 unspecified atom stereocenters. The summed E-state index contributed by atoms with van der Waals surface area (Å²) in [5.41, 5.74) is 0. The van der Waals surface area contributed by atoms with Gasteiger partial charge in [-0.2, -0.15) is 0 Å². The van der Waals surface area contributed by atoms with Gasteiger partial charge in [0.15, 0.2) is 0 Å². The van der Waals surface area contributed by atoms with Crippen molar-refractivity contribution >= 4 is 5.97 Å². The van der Waals surface area contributed by atoms with Crippen molar-refractivity contribution in [2.45, 2.75) is 0 Å². The molecule has 0 saturated carbocycles. The molecule has 1 heterocycles. The molecule has 0 N–H and O–H groups in total. The number of hydrogen-bond donors (Lipinski definition) is 0. The number of cyclic esters (lactones) is 1. The molecule has 2 nitrogen and oxygen atoms in total. The second-order valence-corrected chi connectivity index (χ2v) is 0.667. The molecule has 0 spiro atoms. The molecule has 25 valence electrons. The largest absolute Gasteiger partial charge is 0.430 e. The van der Waals surface area contributed by atoms with Crippen LogP contribution in [0.3, 0.4) is 0 Å². The van der Waals surface area contributed by atoms with Crippen LogP contribution in [0.15, 0.2) is 6.26 Å². The minimum atomic E-state index is -0.370. The topological polar surface area (TPSA) is 26.3 Å². The highest BCUT2D eigenvalue weighted by Gasteiger charge is 2.01. The lowest BCUT2D eigenvalue weighted by molar-refractivity contribution is -0.137. The quantitative estimate of drug-likeness (QED) is 0.370. The van der Waals surface area contributed by atoms with Crippen LogP contribution in [0.25, 0.3) is 0 Å². The van der Waals surface area contributed by atoms with E-state index in [0.29, 0.717) is 0 Å². The lowest BCUT2D eigenvalue weighted by atomic mass is 10.6. The molecule has 0 amide bonds. The molecular weight excluding hydrogens is 68.0 g/mol. The Morgan fingerprint density at radius 3 is 2.40 bits per heavy atom. The molecule has 1 aliphatic rings. The maximum Gasteiger partial charge on any atom is 0.347 e. The van der Waals surface area contributed by atoms with E-state index in [1.807, 2.05) is 0 Å². The van der Waals surface area contributed by atoms with Gasteiger partial charge in [-0.25, -0.2) is 4.79 Å². The van der Waals surface area contributed by atoms with Crippen LogP contribution in [-0.2, 0) is 9.53 Å². The van der Waals surface area contributed by atoms with Crippen LogP contribution < -0.4 is 0 Å². The average Bonchev–Trinajstić information content (AvgIpc) is 1.30. The summed E-state index contributed by atoms with van der Waals surface area (Å²) in [6.07, 6.45) is 3.45. The Kier molecular flexibility index (Phi) is 0.283. The monoisotopic (exact) mass is 69.0 g/mol. The molecule has 0 saturated heterocycles. The molecule has 5 heavy (non-hydrogen) atoms. The van der Waals surface area contributed by atoms with Gasteiger partial charge in [-0.15, -0.1) is 0 Å². The SMILES string of the molecule is O=C1[C]=CO1. The second-order valence-electron chi connectivity index (χ2n) is 0.667. The van der Waals surface area contributed by atoms with Crippen LogP contribution in [0.1, 0.15) is 0 Å². The first-order chi connectivity index (χ1) is 2.39. The Morgan fingerprint density at radius 1 is 2.00 bits per heavy atom. The van der Waals surface area contributed by atoms with Crippen LogP contribution in [0.2, 0.25) is 0 Å². The smallest absolute Gasteiger partial charge is 0.347 e. The zero-order valence-electron chi connectivity index (χ0n) is 2.39. The summed E-state index contributed by atoms with van der Waals surface area (Å²) in [5, 5.41) is 0. The van der Waals surface area contributed by atoms with E-state index in [-0.39, 0.29) is 5.97 Å². The van der Waals surface area contributed by atoms with E-state index >= 15 is 0 Å². The van der Waals surface area contributed by atoms with Crippen LogP contribution >= 0.6 is 0 Å². The van der Waals surface area contributed by atoms with Crippen LogP contribution in [-0.4, -0.2) is 5.97 Å². The predicted molar refractivity (Wildman–Crippen MR) is 13.9 cm³/mol. The minimum Gasteiger partial charge on any atom is -0.430 e. The summed E-state index contributed by atoms with van der Waals surface area (Å²) >= 11 is 0. The predicted octanol–water partition coefficient (Wildman–Crippen LogP) is -0.140. The fourth-order valence-electron chi connectivity index (χ4n) is 0.107. The number of hydrogen-bond acceptors (Lipinski definition) is 2. The summed E-state index contributed by atoms with van der Waals surface area (Å²) in [4.78, 5) is 9.53. The van der Waals surface area contributed by atoms with Gasteiger partial charge in [0.2, 0.25) is 0 Å². The van der Waals surface area contributed by atoms with E-state index in [2.05, 4.69) is 10.8 Å². The van der Waals surface area contributed by atoms with E-state index in [4.69, 9.17) is 0 Å². The molecule has 0 aliphatic carbocycles. The van der Waals surface area contributed by atoms with Crippen LogP contribution in [0.4, 0.5) is 0 Å². The highest BCUT2D eigenvalue weighted by Crippen LogP contribution is 1.89. The summed E-state index contributed by atoms with van der Waals surface area (Å²) in [7, 11) is 0. The van der Waals surface area contributed by atoms with Crippen molar-refractivity contribution in [3.8, 4) is 0 Å². The number of esters is 1. The fourth-order valence-corrected chi connectivity index (χ4v) is 0.107. The Balaban J connectivity index is 2.71. The van der Waals surface area contributed by atoms with Crippen molar-refractivity contribution in [2.75, 3.05) is 0 Å². The molecule has 0 aromatic carbocycles. The lowest BCUT2D eigenvalue weighted by Gasteiger charge is -1.95. The molecule has 0 aromatic heterocycles. The van der Waals surface area contributed by atoms with E-state index < -0.39 is 0 Å². The number of ether oxygens (including phenoxy) is 1. The van der Waals surface area contributed by atoms with Crippen molar-refractivity contribution in [3.63, 3.8) is 0 Å². The Hall–Kier alpha value is -0.790. The highest BCUT2D eigenvalue weighted by molar-refractivity contribution is 5.82. The van der Waals surface area contributed by atoms with Gasteiger partial charge in [0, 0.05) is 0 Å². The second kappa shape index (κ2) is 0.578. The van der Waals surface area contributed by atoms with E-state index in [0.717, 1.165) is 0 Å². The lowest BCUT2D eigenvalue weighted by Crippen LogP contribution is -2.03. The maximum absolute atomic E-state index is 9.53. The van der Waals surface area contributed by atoms with Gasteiger partial charge in [-0.3, -0.25) is 0 Å². The Labute approximate surface area is 29.0 Å². The van der Waals surface area contributed by atoms with Crippen LogP contribution in [0.5, 0.6) is 0 Å². The van der Waals surface area contributed by atoms with Gasteiger partial charge in [-0.1, -0.05) is 0 Å². The summed E-state index contributed by atoms with van der Waals surface area (Å²) in [5.74, 6) is -0.370. The van der Waals surface area contributed by atoms with Gasteiger partial charge in [0.05, 0.1) is 0 Å². The van der Waals surface area contributed by atoms with Gasteiger partial charge in [-0.05, 0) is 0 Å². The molecular formula is C3HO2. The first-order valence-electron chi connectivity index (χ1n) is 1.18. The van der Waals surface area contributed by atoms with Crippen LogP contribution in [0, 0.1) is 6.08 Å². The molecule has 1 aliphatic heterocycles. The van der Waals surface area contributed by atoms with Gasteiger partial charge >= 0.3 is 5.97 Å². The molecule has 1 rings (SSSR count). The van der Waals surface area contributed by atoms with E-state index in [1.165, 1.54) is 6.26 Å². The van der Waals surface area contributed by atoms with Crippen molar-refractivity contribution < 1.29 is 9.53 Å². The first kappa shape index (κ1) is 2.45. The van der Waals surface area contributed by atoms with Gasteiger partial charge in [0.1, 0.15) is 12.3 Å². The number of carbonyl (C=O) groups is 1. The molecule has 0 atom stereocenters. The summed E-state index contributed by atoms with van der Waals surface area (Å²) in [6.45, 7) is 0. The molecule has 2 heteroatoms. The van der Waals surface area contributed by atoms with Crippen molar-refractivity contribution in [2.24, 2.45) is 0 Å². The number of carbonyl (C=O) groups excluding carboxylic acids is 1. The third kappa shape index (κ3) is 0.173. The maximum atomic E-state index is 9.53. The third-order valence-electron chi connectivity index (χ3n) is 0.343. The molecule has 0 fully saturated rings. The van der Waals surface area contributed by atoms with Crippen molar-refractivity contribution in [1.29, 1.82) is 0 Å². The zero-order chi connectivity index (χ0) is 3.70. The zero-order valence-corrected chi connectivity index (χ0v) is 2.39. The van der Waals surface area contributed by atoms with Gasteiger partial charge in [0.25, 0.3) is 0 Å². The standard InChI is InChI=1S/C3HO2/c4-3-1-2-5-3/h2H. The average molecular weight is 69.0 g/mol. The third-order valence-corrected chi connectivity index (χ3v) is 0.343. The fraction of sp³-hybridized carbons (Fsp3) is 0. The van der Waals surface area contributed by atoms with E-state index in [9.17, 15) is 4.79 Å². The van der Waals surface area contributed by atoms with Crippen molar-refractivity contribution in [1.82, 2.24) is 0 Å². The Bertz CT molecular complexity index is 82.9. The Morgan fingerprint density at radius 2 is 2.40 bits per heavy atom. The normalized spacial score (nSPS) is 17.2. The molecule has 0 aromatic rings. The first-order valence-corrected chi connectivity index (χ1v) is 1.18. The van der Waals surface area contributed by atoms with Crippen molar-refractivity contribution in [3.05, 3.63) is 12.3 Å². The number of rotatable bonds is 0. The van der Waals surface area contributed by atoms with E-state index in [1.54, 1.807) is 0 Å². The summed E-state index contributed by atoms with van der Waals surface area (Å²) in [6, 6.07) is 0. The molecule has 0 bridgehead atoms. The summed E-state index contributed by atoms with van der Waals surface area (Å²) < 4.78 is 4.06. The highest BCUT2D eigenvalue weighted by atomic mass is 16.5.